The first kappa shape index (κ1) is 23.9. The summed E-state index contributed by atoms with van der Waals surface area (Å²) in [6.45, 7) is 9.92. The maximum Gasteiger partial charge on any atom is 0.408 e. The molecule has 30 heavy (non-hydrogen) atoms. The van der Waals surface area contributed by atoms with Crippen molar-refractivity contribution in [1.82, 2.24) is 16.0 Å². The molecule has 2 aliphatic carbocycles. The zero-order valence-corrected chi connectivity index (χ0v) is 18.4. The number of hydrogen-bond donors (Lipinski definition) is 4. The largest absolute Gasteiger partial charge is 0.464 e. The number of esters is 1. The molecule has 2 saturated carbocycles. The molecule has 0 heterocycles. The van der Waals surface area contributed by atoms with Gasteiger partial charge in [0.25, 0.3) is 0 Å². The second-order valence-corrected chi connectivity index (χ2v) is 9.06. The van der Waals surface area contributed by atoms with Crippen LogP contribution in [0.3, 0.4) is 0 Å². The number of aliphatic hydroxyl groups is 1. The lowest BCUT2D eigenvalue weighted by Crippen LogP contribution is -2.59. The topological polar surface area (TPSA) is 143 Å². The Bertz CT molecular complexity index is 705. The Kier molecular flexibility index (Phi) is 7.01. The van der Waals surface area contributed by atoms with E-state index >= 15 is 0 Å². The second kappa shape index (κ2) is 8.79. The standard InChI is InChI=1S/C20H33N3O7/c1-7-29-17(27)20(8-12(24)14-10(2)15(14)20)23-13(25)9-21-16(26)11(3)22-18(28)30-19(4,5)6/h10-12,14-15,24H,7-9H2,1-6H3,(H,21,26)(H,22,28)(H,23,25)/t10-,11-,12-,14+,15+,20-/m0/s1. The summed E-state index contributed by atoms with van der Waals surface area (Å²) >= 11 is 0. The van der Waals surface area contributed by atoms with Gasteiger partial charge >= 0.3 is 12.1 Å². The van der Waals surface area contributed by atoms with Crippen LogP contribution >= 0.6 is 0 Å². The van der Waals surface area contributed by atoms with Crippen molar-refractivity contribution in [2.75, 3.05) is 13.2 Å². The third-order valence-electron chi connectivity index (χ3n) is 5.54. The number of carbonyl (C=O) groups excluding carboxylic acids is 4. The maximum absolute atomic E-state index is 12.6. The van der Waals surface area contributed by atoms with E-state index in [2.05, 4.69) is 16.0 Å². The summed E-state index contributed by atoms with van der Waals surface area (Å²) in [7, 11) is 0. The first-order chi connectivity index (χ1) is 13.8. The van der Waals surface area contributed by atoms with Crippen molar-refractivity contribution < 1.29 is 33.8 Å². The van der Waals surface area contributed by atoms with Gasteiger partial charge < -0.3 is 30.5 Å². The molecular formula is C20H33N3O7. The third-order valence-corrected chi connectivity index (χ3v) is 5.54. The highest BCUT2D eigenvalue weighted by atomic mass is 16.6. The summed E-state index contributed by atoms with van der Waals surface area (Å²) in [6.07, 6.45) is -1.35. The Balaban J connectivity index is 1.91. The van der Waals surface area contributed by atoms with Crippen molar-refractivity contribution in [2.24, 2.45) is 17.8 Å². The number of fused-ring (bicyclic) bond motifs is 1. The molecular weight excluding hydrogens is 394 g/mol. The van der Waals surface area contributed by atoms with Gasteiger partial charge in [-0.25, -0.2) is 9.59 Å². The quantitative estimate of drug-likeness (QED) is 0.421. The normalized spacial score (nSPS) is 30.5. The maximum atomic E-state index is 12.6. The number of aliphatic hydroxyl groups excluding tert-OH is 1. The predicted octanol–water partition coefficient (Wildman–Crippen LogP) is 0.0806. The molecule has 0 aromatic heterocycles. The Labute approximate surface area is 176 Å². The number of ether oxygens (including phenoxy) is 2. The molecule has 170 valence electrons. The lowest BCUT2D eigenvalue weighted by atomic mass is 9.89. The van der Waals surface area contributed by atoms with E-state index in [1.807, 2.05) is 6.92 Å². The number of rotatable bonds is 7. The summed E-state index contributed by atoms with van der Waals surface area (Å²) in [4.78, 5) is 49.1. The molecule has 2 aliphatic rings. The van der Waals surface area contributed by atoms with Gasteiger partial charge in [0.1, 0.15) is 17.2 Å². The van der Waals surface area contributed by atoms with Crippen LogP contribution in [0.1, 0.15) is 48.0 Å². The van der Waals surface area contributed by atoms with Crippen molar-refractivity contribution in [3.05, 3.63) is 0 Å². The molecule has 0 saturated heterocycles. The Morgan fingerprint density at radius 3 is 2.37 bits per heavy atom. The summed E-state index contributed by atoms with van der Waals surface area (Å²) in [5, 5.41) is 17.8. The molecule has 6 atom stereocenters. The van der Waals surface area contributed by atoms with Crippen LogP contribution < -0.4 is 16.0 Å². The smallest absolute Gasteiger partial charge is 0.408 e. The van der Waals surface area contributed by atoms with E-state index in [-0.39, 0.29) is 37.3 Å². The van der Waals surface area contributed by atoms with Gasteiger partial charge in [-0.3, -0.25) is 9.59 Å². The second-order valence-electron chi connectivity index (χ2n) is 9.06. The number of nitrogens with one attached hydrogen (secondary N) is 3. The Morgan fingerprint density at radius 1 is 1.23 bits per heavy atom. The van der Waals surface area contributed by atoms with E-state index in [9.17, 15) is 24.3 Å². The first-order valence-corrected chi connectivity index (χ1v) is 10.3. The minimum Gasteiger partial charge on any atom is -0.464 e. The fourth-order valence-electron chi connectivity index (χ4n) is 4.29. The predicted molar refractivity (Wildman–Crippen MR) is 106 cm³/mol. The van der Waals surface area contributed by atoms with E-state index in [1.165, 1.54) is 6.92 Å². The minimum atomic E-state index is -1.29. The molecule has 10 nitrogen and oxygen atoms in total. The van der Waals surface area contributed by atoms with Crippen LogP contribution in [0.2, 0.25) is 0 Å². The van der Waals surface area contributed by atoms with Crippen molar-refractivity contribution in [2.45, 2.75) is 71.2 Å². The highest BCUT2D eigenvalue weighted by molar-refractivity contribution is 5.93. The van der Waals surface area contributed by atoms with Gasteiger partial charge in [-0.2, -0.15) is 0 Å². The van der Waals surface area contributed by atoms with Crippen molar-refractivity contribution >= 4 is 23.9 Å². The molecule has 0 aliphatic heterocycles. The van der Waals surface area contributed by atoms with Gasteiger partial charge in [0.05, 0.1) is 19.3 Å². The number of carbonyl (C=O) groups is 4. The molecule has 3 amide bonds. The van der Waals surface area contributed by atoms with Crippen molar-refractivity contribution in [3.8, 4) is 0 Å². The fourth-order valence-corrected chi connectivity index (χ4v) is 4.29. The molecule has 0 unspecified atom stereocenters. The van der Waals surface area contributed by atoms with Crippen LogP contribution in [-0.2, 0) is 23.9 Å². The van der Waals surface area contributed by atoms with E-state index < -0.39 is 47.2 Å². The van der Waals surface area contributed by atoms with Gasteiger partial charge in [-0.1, -0.05) is 6.92 Å². The van der Waals surface area contributed by atoms with Gasteiger partial charge in [-0.15, -0.1) is 0 Å². The highest BCUT2D eigenvalue weighted by Gasteiger charge is 2.71. The molecule has 4 N–H and O–H groups in total. The molecule has 0 bridgehead atoms. The molecule has 0 aromatic carbocycles. The number of alkyl carbamates (subject to hydrolysis) is 1. The van der Waals surface area contributed by atoms with E-state index in [1.54, 1.807) is 27.7 Å². The molecule has 0 radical (unpaired) electrons. The van der Waals surface area contributed by atoms with E-state index in [0.29, 0.717) is 0 Å². The Hall–Kier alpha value is -2.36. The first-order valence-electron chi connectivity index (χ1n) is 10.3. The third kappa shape index (κ3) is 5.21. The van der Waals surface area contributed by atoms with Crippen LogP contribution in [0.15, 0.2) is 0 Å². The number of hydrogen-bond acceptors (Lipinski definition) is 7. The summed E-state index contributed by atoms with van der Waals surface area (Å²) < 4.78 is 10.2. The molecule has 2 fully saturated rings. The highest BCUT2D eigenvalue weighted by Crippen LogP contribution is 2.62. The van der Waals surface area contributed by atoms with E-state index in [0.717, 1.165) is 0 Å². The molecule has 0 spiro atoms. The Morgan fingerprint density at radius 2 is 1.87 bits per heavy atom. The summed E-state index contributed by atoms with van der Waals surface area (Å²) in [6, 6.07) is -0.923. The molecule has 0 aromatic rings. The molecule has 2 rings (SSSR count). The number of amides is 3. The van der Waals surface area contributed by atoms with Gasteiger partial charge in [0.2, 0.25) is 11.8 Å². The zero-order chi connectivity index (χ0) is 22.9. The van der Waals surface area contributed by atoms with Crippen LogP contribution in [0.5, 0.6) is 0 Å². The minimum absolute atomic E-state index is 0.0534. The van der Waals surface area contributed by atoms with Crippen LogP contribution in [0, 0.1) is 17.8 Å². The van der Waals surface area contributed by atoms with Crippen LogP contribution in [-0.4, -0.2) is 65.4 Å². The van der Waals surface area contributed by atoms with Crippen LogP contribution in [0.4, 0.5) is 4.79 Å². The zero-order valence-electron chi connectivity index (χ0n) is 18.4. The average molecular weight is 427 g/mol. The lowest BCUT2D eigenvalue weighted by molar-refractivity contribution is -0.155. The SMILES string of the molecule is CCOC(=O)[C@]1(NC(=O)CNC(=O)[C@H](C)NC(=O)OC(C)(C)C)C[C@H](O)[C@H]2[C@H](C)[C@H]21. The average Bonchev–Trinajstić information content (AvgIpc) is 3.18. The van der Waals surface area contributed by atoms with E-state index in [4.69, 9.17) is 9.47 Å². The molecule has 10 heteroatoms. The monoisotopic (exact) mass is 427 g/mol. The van der Waals surface area contributed by atoms with Gasteiger partial charge in [-0.05, 0) is 46.5 Å². The van der Waals surface area contributed by atoms with Crippen molar-refractivity contribution in [3.63, 3.8) is 0 Å². The fraction of sp³-hybridized carbons (Fsp3) is 0.800. The van der Waals surface area contributed by atoms with Crippen molar-refractivity contribution in [1.29, 1.82) is 0 Å². The van der Waals surface area contributed by atoms with Gasteiger partial charge in [0.15, 0.2) is 0 Å². The van der Waals surface area contributed by atoms with Crippen LogP contribution in [0.25, 0.3) is 0 Å². The lowest BCUT2D eigenvalue weighted by Gasteiger charge is -2.31. The summed E-state index contributed by atoms with van der Waals surface area (Å²) in [5.74, 6) is -1.88. The summed E-state index contributed by atoms with van der Waals surface area (Å²) in [5.41, 5.74) is -1.99. The van der Waals surface area contributed by atoms with Gasteiger partial charge in [0, 0.05) is 12.3 Å².